The molecule has 1 aliphatic heterocycles. The van der Waals surface area contributed by atoms with Crippen LogP contribution in [0.25, 0.3) is 0 Å². The van der Waals surface area contributed by atoms with Crippen molar-refractivity contribution in [3.05, 3.63) is 0 Å². The van der Waals surface area contributed by atoms with Crippen LogP contribution in [-0.2, 0) is 0 Å². The molecule has 0 spiro atoms. The summed E-state index contributed by atoms with van der Waals surface area (Å²) in [5.41, 5.74) is 0. The number of hydrogen-bond acceptors (Lipinski definition) is 2. The molecule has 2 heteroatoms. The van der Waals surface area contributed by atoms with E-state index >= 15 is 0 Å². The Balaban J connectivity index is 1.69. The predicted octanol–water partition coefficient (Wildman–Crippen LogP) is 1.13. The van der Waals surface area contributed by atoms with Gasteiger partial charge >= 0.3 is 0 Å². The number of piperidine rings is 1. The monoisotopic (exact) mass is 168 g/mol. The molecule has 2 unspecified atom stereocenters. The second-order valence-electron chi connectivity index (χ2n) is 4.34. The van der Waals surface area contributed by atoms with Crippen LogP contribution < -0.4 is 10.6 Å². The van der Waals surface area contributed by atoms with E-state index in [2.05, 4.69) is 17.6 Å². The Morgan fingerprint density at radius 1 is 1.33 bits per heavy atom. The summed E-state index contributed by atoms with van der Waals surface area (Å²) in [6.45, 7) is 4.74. The van der Waals surface area contributed by atoms with Crippen LogP contribution in [0.5, 0.6) is 0 Å². The van der Waals surface area contributed by atoms with Crippen molar-refractivity contribution < 1.29 is 0 Å². The van der Waals surface area contributed by atoms with Gasteiger partial charge in [0.25, 0.3) is 0 Å². The van der Waals surface area contributed by atoms with Crippen molar-refractivity contribution in [2.75, 3.05) is 13.1 Å². The number of hydrogen-bond donors (Lipinski definition) is 2. The zero-order valence-electron chi connectivity index (χ0n) is 7.97. The third-order valence-electron chi connectivity index (χ3n) is 3.12. The lowest BCUT2D eigenvalue weighted by molar-refractivity contribution is 0.344. The van der Waals surface area contributed by atoms with Crippen LogP contribution in [-0.4, -0.2) is 25.2 Å². The fraction of sp³-hybridized carbons (Fsp3) is 1.00. The van der Waals surface area contributed by atoms with Crippen molar-refractivity contribution in [1.29, 1.82) is 0 Å². The highest BCUT2D eigenvalue weighted by Crippen LogP contribution is 2.32. The van der Waals surface area contributed by atoms with E-state index < -0.39 is 0 Å². The van der Waals surface area contributed by atoms with Crippen LogP contribution in [0, 0.1) is 5.92 Å². The molecular weight excluding hydrogens is 148 g/mol. The summed E-state index contributed by atoms with van der Waals surface area (Å²) < 4.78 is 0. The van der Waals surface area contributed by atoms with Gasteiger partial charge in [-0.3, -0.25) is 0 Å². The Hall–Kier alpha value is -0.0800. The van der Waals surface area contributed by atoms with E-state index in [4.69, 9.17) is 0 Å². The third-order valence-corrected chi connectivity index (χ3v) is 3.12. The average Bonchev–Trinajstić information content (AvgIpc) is 2.88. The summed E-state index contributed by atoms with van der Waals surface area (Å²) in [5, 5.41) is 7.16. The molecule has 1 saturated heterocycles. The Bertz CT molecular complexity index is 137. The third kappa shape index (κ3) is 2.20. The molecule has 1 aliphatic carbocycles. The largest absolute Gasteiger partial charge is 0.315 e. The van der Waals surface area contributed by atoms with Crippen LogP contribution in [0.1, 0.15) is 32.6 Å². The Kier molecular flexibility index (Phi) is 2.66. The first kappa shape index (κ1) is 8.52. The van der Waals surface area contributed by atoms with Gasteiger partial charge in [0, 0.05) is 18.6 Å². The van der Waals surface area contributed by atoms with Crippen molar-refractivity contribution in [3.8, 4) is 0 Å². The van der Waals surface area contributed by atoms with Gasteiger partial charge < -0.3 is 10.6 Å². The zero-order valence-corrected chi connectivity index (χ0v) is 7.97. The van der Waals surface area contributed by atoms with E-state index in [0.29, 0.717) is 0 Å². The highest BCUT2D eigenvalue weighted by atomic mass is 15.0. The Morgan fingerprint density at radius 2 is 2.17 bits per heavy atom. The van der Waals surface area contributed by atoms with Gasteiger partial charge in [-0.2, -0.15) is 0 Å². The van der Waals surface area contributed by atoms with Crippen LogP contribution in [0.15, 0.2) is 0 Å². The molecular formula is C10H20N2. The molecule has 1 heterocycles. The standard InChI is InChI=1S/C10H20N2/c1-8(9-4-5-9)12-10-3-2-6-11-7-10/h8-12H,2-7H2,1H3. The summed E-state index contributed by atoms with van der Waals surface area (Å²) >= 11 is 0. The lowest BCUT2D eigenvalue weighted by atomic mass is 10.1. The summed E-state index contributed by atoms with van der Waals surface area (Å²) in [5.74, 6) is 0.993. The summed E-state index contributed by atoms with van der Waals surface area (Å²) in [6.07, 6.45) is 5.61. The van der Waals surface area contributed by atoms with Crippen LogP contribution in [0.2, 0.25) is 0 Å². The topological polar surface area (TPSA) is 24.1 Å². The first-order valence-electron chi connectivity index (χ1n) is 5.33. The fourth-order valence-corrected chi connectivity index (χ4v) is 2.10. The lowest BCUT2D eigenvalue weighted by Gasteiger charge is -2.27. The molecule has 1 saturated carbocycles. The molecule has 2 aliphatic rings. The maximum atomic E-state index is 3.72. The van der Waals surface area contributed by atoms with Crippen molar-refractivity contribution in [1.82, 2.24) is 10.6 Å². The number of nitrogens with one attached hydrogen (secondary N) is 2. The molecule has 0 aromatic heterocycles. The minimum atomic E-state index is 0.745. The SMILES string of the molecule is CC(NC1CCCNC1)C1CC1. The highest BCUT2D eigenvalue weighted by molar-refractivity contribution is 4.87. The van der Waals surface area contributed by atoms with Crippen molar-refractivity contribution in [2.24, 2.45) is 5.92 Å². The summed E-state index contributed by atoms with van der Waals surface area (Å²) in [4.78, 5) is 0. The molecule has 0 aromatic rings. The van der Waals surface area contributed by atoms with Gasteiger partial charge in [0.15, 0.2) is 0 Å². The van der Waals surface area contributed by atoms with Gasteiger partial charge in [0.05, 0.1) is 0 Å². The summed E-state index contributed by atoms with van der Waals surface area (Å²) in [7, 11) is 0. The van der Waals surface area contributed by atoms with E-state index in [0.717, 1.165) is 18.0 Å². The minimum absolute atomic E-state index is 0.745. The Labute approximate surface area is 75.1 Å². The van der Waals surface area contributed by atoms with Crippen LogP contribution in [0.3, 0.4) is 0 Å². The molecule has 2 atom stereocenters. The Morgan fingerprint density at radius 3 is 2.75 bits per heavy atom. The maximum absolute atomic E-state index is 3.72. The van der Waals surface area contributed by atoms with Gasteiger partial charge in [0.2, 0.25) is 0 Å². The molecule has 0 radical (unpaired) electrons. The first-order chi connectivity index (χ1) is 5.86. The average molecular weight is 168 g/mol. The normalized spacial score (nSPS) is 33.2. The van der Waals surface area contributed by atoms with E-state index in [1.807, 2.05) is 0 Å². The quantitative estimate of drug-likeness (QED) is 0.660. The molecule has 2 nitrogen and oxygen atoms in total. The van der Waals surface area contributed by atoms with Crippen LogP contribution in [0.4, 0.5) is 0 Å². The first-order valence-corrected chi connectivity index (χ1v) is 5.33. The highest BCUT2D eigenvalue weighted by Gasteiger charge is 2.29. The van der Waals surface area contributed by atoms with Gasteiger partial charge in [0.1, 0.15) is 0 Å². The molecule has 70 valence electrons. The van der Waals surface area contributed by atoms with Gasteiger partial charge in [-0.25, -0.2) is 0 Å². The van der Waals surface area contributed by atoms with Gasteiger partial charge in [-0.05, 0) is 45.1 Å². The fourth-order valence-electron chi connectivity index (χ4n) is 2.10. The van der Waals surface area contributed by atoms with Crippen molar-refractivity contribution in [3.63, 3.8) is 0 Å². The maximum Gasteiger partial charge on any atom is 0.0195 e. The van der Waals surface area contributed by atoms with Gasteiger partial charge in [-0.1, -0.05) is 0 Å². The second-order valence-corrected chi connectivity index (χ2v) is 4.34. The molecule has 0 amide bonds. The van der Waals surface area contributed by atoms with E-state index in [-0.39, 0.29) is 0 Å². The predicted molar refractivity (Wildman–Crippen MR) is 51.2 cm³/mol. The molecule has 0 aromatic carbocycles. The smallest absolute Gasteiger partial charge is 0.0195 e. The lowest BCUT2D eigenvalue weighted by Crippen LogP contribution is -2.47. The minimum Gasteiger partial charge on any atom is -0.315 e. The number of rotatable bonds is 3. The van der Waals surface area contributed by atoms with E-state index in [1.165, 1.54) is 38.8 Å². The zero-order chi connectivity index (χ0) is 8.39. The molecule has 2 fully saturated rings. The molecule has 0 bridgehead atoms. The van der Waals surface area contributed by atoms with Crippen molar-refractivity contribution in [2.45, 2.75) is 44.7 Å². The molecule has 2 N–H and O–H groups in total. The van der Waals surface area contributed by atoms with E-state index in [9.17, 15) is 0 Å². The molecule has 2 rings (SSSR count). The molecule has 12 heavy (non-hydrogen) atoms. The summed E-state index contributed by atoms with van der Waals surface area (Å²) in [6, 6.07) is 1.50. The van der Waals surface area contributed by atoms with Gasteiger partial charge in [-0.15, -0.1) is 0 Å². The van der Waals surface area contributed by atoms with Crippen LogP contribution >= 0.6 is 0 Å². The van der Waals surface area contributed by atoms with Crippen molar-refractivity contribution >= 4 is 0 Å². The second kappa shape index (κ2) is 3.75. The van der Waals surface area contributed by atoms with E-state index in [1.54, 1.807) is 0 Å².